The Labute approximate surface area is 145 Å². The number of rotatable bonds is 7. The summed E-state index contributed by atoms with van der Waals surface area (Å²) in [5, 5.41) is 8.85. The first kappa shape index (κ1) is 19.3. The third kappa shape index (κ3) is 4.76. The quantitative estimate of drug-likeness (QED) is 0.705. The molecule has 0 amide bonds. The lowest BCUT2D eigenvalue weighted by atomic mass is 10.2. The first-order valence-electron chi connectivity index (χ1n) is 7.29. The summed E-state index contributed by atoms with van der Waals surface area (Å²) in [6.07, 6.45) is -0.214. The molecule has 25 heavy (non-hydrogen) atoms. The normalized spacial score (nSPS) is 14.0. The number of carbonyl (C=O) groups is 1. The van der Waals surface area contributed by atoms with Gasteiger partial charge in [0.2, 0.25) is 9.84 Å². The van der Waals surface area contributed by atoms with Crippen molar-refractivity contribution in [1.82, 2.24) is 0 Å². The summed E-state index contributed by atoms with van der Waals surface area (Å²) in [6.45, 7) is 1.71. The number of carboxylic acid groups (broad SMARTS) is 1. The molecule has 7 nitrogen and oxygen atoms in total. The van der Waals surface area contributed by atoms with Crippen LogP contribution in [0.1, 0.15) is 22.8 Å². The molecule has 0 aliphatic rings. The number of hydrogen-bond donors (Lipinski definition) is 2. The van der Waals surface area contributed by atoms with Crippen molar-refractivity contribution in [3.63, 3.8) is 0 Å². The van der Waals surface area contributed by atoms with Gasteiger partial charge in [-0.25, -0.2) is 13.2 Å². The second-order valence-electron chi connectivity index (χ2n) is 5.19. The van der Waals surface area contributed by atoms with E-state index in [4.69, 9.17) is 9.63 Å². The Hall–Kier alpha value is -1.99. The number of hydrogen-bond acceptors (Lipinski definition) is 5. The zero-order valence-corrected chi connectivity index (χ0v) is 15.0. The lowest BCUT2D eigenvalue weighted by Crippen LogP contribution is -2.03. The second-order valence-corrected chi connectivity index (χ2v) is 8.99. The minimum atomic E-state index is -3.81. The molecule has 134 valence electrons. The Morgan fingerprint density at radius 1 is 1.04 bits per heavy atom. The minimum Gasteiger partial charge on any atom is -0.478 e. The molecule has 2 rings (SSSR count). The third-order valence-electron chi connectivity index (χ3n) is 3.36. The molecule has 0 saturated carbocycles. The Kier molecular flexibility index (Phi) is 5.80. The molecule has 9 heteroatoms. The molecular formula is C16H17O7PS. The van der Waals surface area contributed by atoms with Crippen LogP contribution in [-0.2, 0) is 25.1 Å². The highest BCUT2D eigenvalue weighted by atomic mass is 32.2. The molecule has 0 aliphatic heterocycles. The van der Waals surface area contributed by atoms with E-state index < -0.39 is 23.4 Å². The van der Waals surface area contributed by atoms with Gasteiger partial charge in [-0.1, -0.05) is 12.1 Å². The molecule has 2 N–H and O–H groups in total. The van der Waals surface area contributed by atoms with E-state index in [2.05, 4.69) is 0 Å². The maximum absolute atomic E-state index is 12.5. The van der Waals surface area contributed by atoms with Crippen molar-refractivity contribution in [1.29, 1.82) is 0 Å². The summed E-state index contributed by atoms with van der Waals surface area (Å²) in [5.74, 6) is -1.14. The van der Waals surface area contributed by atoms with Crippen molar-refractivity contribution >= 4 is 23.4 Å². The van der Waals surface area contributed by atoms with Crippen molar-refractivity contribution in [2.24, 2.45) is 0 Å². The number of sulfone groups is 1. The van der Waals surface area contributed by atoms with Crippen LogP contribution >= 0.6 is 7.60 Å². The molecule has 1 atom stereocenters. The molecule has 0 heterocycles. The van der Waals surface area contributed by atoms with Crippen LogP contribution in [0.3, 0.4) is 0 Å². The van der Waals surface area contributed by atoms with Gasteiger partial charge in [-0.2, -0.15) is 0 Å². The summed E-state index contributed by atoms with van der Waals surface area (Å²) in [7, 11) is -7.56. The fraction of sp³-hybridized carbons (Fsp3) is 0.188. The van der Waals surface area contributed by atoms with Crippen molar-refractivity contribution in [3.05, 3.63) is 59.7 Å². The smallest absolute Gasteiger partial charge is 0.335 e. The van der Waals surface area contributed by atoms with E-state index in [9.17, 15) is 22.7 Å². The predicted octanol–water partition coefficient (Wildman–Crippen LogP) is 2.94. The molecule has 1 unspecified atom stereocenters. The van der Waals surface area contributed by atoms with Crippen LogP contribution in [0.25, 0.3) is 0 Å². The standard InChI is InChI=1S/C16H17O7PS/c1-2-23-24(19,20)11-12-3-7-14(8-4-12)25(21,22)15-9-5-13(6-10-15)16(17)18/h3-10H,2,11H2,1H3,(H,17,18)(H,19,20). The Morgan fingerprint density at radius 2 is 1.52 bits per heavy atom. The van der Waals surface area contributed by atoms with E-state index in [1.165, 1.54) is 48.5 Å². The first-order valence-corrected chi connectivity index (χ1v) is 10.5. The summed E-state index contributed by atoms with van der Waals surface area (Å²) >= 11 is 0. The van der Waals surface area contributed by atoms with E-state index in [0.717, 1.165) is 0 Å². The van der Waals surface area contributed by atoms with Crippen molar-refractivity contribution in [3.8, 4) is 0 Å². The fourth-order valence-electron chi connectivity index (χ4n) is 2.16. The van der Waals surface area contributed by atoms with Crippen LogP contribution in [0.4, 0.5) is 0 Å². The van der Waals surface area contributed by atoms with Gasteiger partial charge in [-0.3, -0.25) is 4.57 Å². The second kappa shape index (κ2) is 7.49. The average molecular weight is 384 g/mol. The van der Waals surface area contributed by atoms with Gasteiger partial charge in [0.15, 0.2) is 0 Å². The zero-order valence-electron chi connectivity index (χ0n) is 13.3. The lowest BCUT2D eigenvalue weighted by Gasteiger charge is -2.11. The molecule has 2 aromatic carbocycles. The summed E-state index contributed by atoms with van der Waals surface area (Å²) < 4.78 is 41.6. The fourth-order valence-corrected chi connectivity index (χ4v) is 4.59. The first-order chi connectivity index (χ1) is 11.7. The van der Waals surface area contributed by atoms with Gasteiger partial charge in [0.05, 0.1) is 28.1 Å². The highest BCUT2D eigenvalue weighted by Crippen LogP contribution is 2.45. The van der Waals surface area contributed by atoms with E-state index in [1.54, 1.807) is 6.92 Å². The Bertz CT molecular complexity index is 903. The van der Waals surface area contributed by atoms with Gasteiger partial charge < -0.3 is 14.5 Å². The summed E-state index contributed by atoms with van der Waals surface area (Å²) in [6, 6.07) is 10.4. The van der Waals surface area contributed by atoms with E-state index >= 15 is 0 Å². The molecule has 0 spiro atoms. The minimum absolute atomic E-state index is 0.00325. The SMILES string of the molecule is CCOP(=O)(O)Cc1ccc(S(=O)(=O)c2ccc(C(=O)O)cc2)cc1. The van der Waals surface area contributed by atoms with Gasteiger partial charge in [0, 0.05) is 0 Å². The molecule has 2 aromatic rings. The topological polar surface area (TPSA) is 118 Å². The van der Waals surface area contributed by atoms with Gasteiger partial charge in [-0.15, -0.1) is 0 Å². The van der Waals surface area contributed by atoms with E-state index in [-0.39, 0.29) is 28.1 Å². The maximum Gasteiger partial charge on any atom is 0.335 e. The lowest BCUT2D eigenvalue weighted by molar-refractivity contribution is 0.0696. The van der Waals surface area contributed by atoms with Gasteiger partial charge in [0.25, 0.3) is 0 Å². The molecular weight excluding hydrogens is 367 g/mol. The molecule has 0 aliphatic carbocycles. The highest BCUT2D eigenvalue weighted by Gasteiger charge is 2.21. The van der Waals surface area contributed by atoms with Crippen molar-refractivity contribution in [2.45, 2.75) is 22.9 Å². The van der Waals surface area contributed by atoms with Crippen LogP contribution < -0.4 is 0 Å². The van der Waals surface area contributed by atoms with Gasteiger partial charge in [-0.05, 0) is 48.9 Å². The van der Waals surface area contributed by atoms with Crippen molar-refractivity contribution < 1.29 is 32.3 Å². The van der Waals surface area contributed by atoms with Gasteiger partial charge in [0.1, 0.15) is 0 Å². The molecule has 0 aromatic heterocycles. The highest BCUT2D eigenvalue weighted by molar-refractivity contribution is 7.91. The third-order valence-corrected chi connectivity index (χ3v) is 6.57. The Morgan fingerprint density at radius 3 is 1.96 bits per heavy atom. The number of benzene rings is 2. The number of aromatic carboxylic acids is 1. The maximum atomic E-state index is 12.5. The summed E-state index contributed by atoms with van der Waals surface area (Å²) in [5.41, 5.74) is 0.461. The van der Waals surface area contributed by atoms with Crippen molar-refractivity contribution in [2.75, 3.05) is 6.61 Å². The van der Waals surface area contributed by atoms with Crippen LogP contribution in [0, 0.1) is 0 Å². The van der Waals surface area contributed by atoms with Crippen LogP contribution in [-0.4, -0.2) is 31.0 Å². The van der Waals surface area contributed by atoms with Gasteiger partial charge >= 0.3 is 13.6 Å². The molecule has 0 fully saturated rings. The largest absolute Gasteiger partial charge is 0.478 e. The molecule has 0 bridgehead atoms. The molecule has 0 radical (unpaired) electrons. The van der Waals surface area contributed by atoms with Crippen LogP contribution in [0.15, 0.2) is 58.3 Å². The Balaban J connectivity index is 2.25. The predicted molar refractivity (Wildman–Crippen MR) is 90.5 cm³/mol. The van der Waals surface area contributed by atoms with Crippen LogP contribution in [0.2, 0.25) is 0 Å². The van der Waals surface area contributed by atoms with E-state index in [0.29, 0.717) is 5.56 Å². The summed E-state index contributed by atoms with van der Waals surface area (Å²) in [4.78, 5) is 20.4. The average Bonchev–Trinajstić information content (AvgIpc) is 2.55. The van der Waals surface area contributed by atoms with E-state index in [1.807, 2.05) is 0 Å². The molecule has 0 saturated heterocycles. The monoisotopic (exact) mass is 384 g/mol. The number of carboxylic acids is 1. The van der Waals surface area contributed by atoms with Crippen LogP contribution in [0.5, 0.6) is 0 Å². The zero-order chi connectivity index (χ0) is 18.7.